The number of amides is 1. The fraction of sp³-hybridized carbons (Fsp3) is 0.423. The third kappa shape index (κ3) is 3.96. The third-order valence-corrected chi connectivity index (χ3v) is 6.34. The molecule has 0 spiro atoms. The summed E-state index contributed by atoms with van der Waals surface area (Å²) in [6.45, 7) is 7.00. The van der Waals surface area contributed by atoms with Crippen LogP contribution in [0, 0.1) is 6.92 Å². The molecule has 2 aliphatic rings. The van der Waals surface area contributed by atoms with Gasteiger partial charge >= 0.3 is 6.09 Å². The summed E-state index contributed by atoms with van der Waals surface area (Å²) in [6.07, 6.45) is 7.27. The number of carbonyl (C=O) groups is 1. The van der Waals surface area contributed by atoms with Crippen LogP contribution < -0.4 is 0 Å². The molecule has 0 aromatic heterocycles. The molecule has 152 valence electrons. The number of fused-ring (bicyclic) bond motifs is 2. The van der Waals surface area contributed by atoms with Crippen molar-refractivity contribution in [2.24, 2.45) is 0 Å². The van der Waals surface area contributed by atoms with Crippen LogP contribution in [0.2, 0.25) is 0 Å². The molecular formula is C26H31NO2. The summed E-state index contributed by atoms with van der Waals surface area (Å²) in [5, 5.41) is 0. The first-order valence-corrected chi connectivity index (χ1v) is 10.9. The molecule has 2 aromatic carbocycles. The first-order chi connectivity index (χ1) is 14.1. The minimum absolute atomic E-state index is 0.155. The first-order valence-electron chi connectivity index (χ1n) is 10.9. The lowest BCUT2D eigenvalue weighted by Crippen LogP contribution is -2.43. The number of hydrogen-bond donors (Lipinski definition) is 0. The van der Waals surface area contributed by atoms with E-state index in [4.69, 9.17) is 4.74 Å². The van der Waals surface area contributed by atoms with Crippen molar-refractivity contribution >= 4 is 11.7 Å². The predicted molar refractivity (Wildman–Crippen MR) is 118 cm³/mol. The molecule has 3 heteroatoms. The van der Waals surface area contributed by atoms with Crippen LogP contribution in [0.25, 0.3) is 5.57 Å². The predicted octanol–water partition coefficient (Wildman–Crippen LogP) is 6.08. The molecule has 0 N–H and O–H groups in total. The van der Waals surface area contributed by atoms with Gasteiger partial charge in [0.05, 0.1) is 6.04 Å². The number of hydrogen-bond acceptors (Lipinski definition) is 2. The molecule has 2 heterocycles. The van der Waals surface area contributed by atoms with Crippen LogP contribution in [0.1, 0.15) is 60.9 Å². The molecule has 0 radical (unpaired) electrons. The normalized spacial score (nSPS) is 20.5. The van der Waals surface area contributed by atoms with Crippen molar-refractivity contribution in [1.82, 2.24) is 4.90 Å². The van der Waals surface area contributed by atoms with E-state index in [2.05, 4.69) is 39.0 Å². The molecule has 2 aliphatic heterocycles. The standard InChI is InChI=1S/C26H31NO2/c1-4-20-13-18(3)14-21(5-2)25(20)22-15-23-11-12-24(16-22)27(23)26(28)29-17-19-9-7-6-8-10-19/h6-10,13-15,23-24H,4-5,11-12,16-17H2,1-3H3. The molecule has 0 aliphatic carbocycles. The fourth-order valence-electron chi connectivity index (χ4n) is 5.01. The number of rotatable bonds is 5. The Balaban J connectivity index is 1.56. The summed E-state index contributed by atoms with van der Waals surface area (Å²) in [4.78, 5) is 14.8. The minimum Gasteiger partial charge on any atom is -0.445 e. The molecule has 2 bridgehead atoms. The topological polar surface area (TPSA) is 29.5 Å². The third-order valence-electron chi connectivity index (χ3n) is 6.34. The Kier molecular flexibility index (Phi) is 5.75. The molecule has 2 atom stereocenters. The van der Waals surface area contributed by atoms with E-state index in [-0.39, 0.29) is 18.2 Å². The van der Waals surface area contributed by atoms with E-state index in [1.807, 2.05) is 35.2 Å². The Morgan fingerprint density at radius 1 is 1.07 bits per heavy atom. The lowest BCUT2D eigenvalue weighted by atomic mass is 9.85. The van der Waals surface area contributed by atoms with Crippen molar-refractivity contribution in [3.8, 4) is 0 Å². The summed E-state index contributed by atoms with van der Waals surface area (Å²) in [5.41, 5.74) is 8.11. The molecule has 3 nitrogen and oxygen atoms in total. The highest BCUT2D eigenvalue weighted by Crippen LogP contribution is 2.41. The van der Waals surface area contributed by atoms with Crippen molar-refractivity contribution in [2.75, 3.05) is 0 Å². The van der Waals surface area contributed by atoms with Crippen molar-refractivity contribution < 1.29 is 9.53 Å². The Morgan fingerprint density at radius 3 is 2.38 bits per heavy atom. The van der Waals surface area contributed by atoms with Gasteiger partial charge in [-0.05, 0) is 66.9 Å². The van der Waals surface area contributed by atoms with Crippen LogP contribution in [-0.4, -0.2) is 23.1 Å². The van der Waals surface area contributed by atoms with Gasteiger partial charge in [0.1, 0.15) is 6.61 Å². The zero-order valence-electron chi connectivity index (χ0n) is 17.8. The second kappa shape index (κ2) is 8.44. The van der Waals surface area contributed by atoms with E-state index in [0.717, 1.165) is 37.7 Å². The summed E-state index contributed by atoms with van der Waals surface area (Å²) in [5.74, 6) is 0. The minimum atomic E-state index is -0.174. The Morgan fingerprint density at radius 2 is 1.76 bits per heavy atom. The van der Waals surface area contributed by atoms with Gasteiger partial charge in [0.2, 0.25) is 0 Å². The molecule has 0 saturated carbocycles. The van der Waals surface area contributed by atoms with E-state index in [1.54, 1.807) is 0 Å². The molecule has 1 saturated heterocycles. The molecule has 29 heavy (non-hydrogen) atoms. The average Bonchev–Trinajstić information content (AvgIpc) is 3.01. The summed E-state index contributed by atoms with van der Waals surface area (Å²) in [7, 11) is 0. The Hall–Kier alpha value is -2.55. The van der Waals surface area contributed by atoms with Crippen LogP contribution in [0.3, 0.4) is 0 Å². The summed E-state index contributed by atoms with van der Waals surface area (Å²) in [6, 6.07) is 15.0. The van der Waals surface area contributed by atoms with E-state index in [0.29, 0.717) is 6.61 Å². The maximum Gasteiger partial charge on any atom is 0.410 e. The van der Waals surface area contributed by atoms with Gasteiger partial charge < -0.3 is 4.74 Å². The quantitative estimate of drug-likeness (QED) is 0.620. The second-order valence-corrected chi connectivity index (χ2v) is 8.31. The fourth-order valence-corrected chi connectivity index (χ4v) is 5.01. The number of carbonyl (C=O) groups excluding carboxylic acids is 1. The summed E-state index contributed by atoms with van der Waals surface area (Å²) < 4.78 is 5.65. The number of benzene rings is 2. The highest BCUT2D eigenvalue weighted by Gasteiger charge is 2.41. The summed E-state index contributed by atoms with van der Waals surface area (Å²) >= 11 is 0. The van der Waals surface area contributed by atoms with Crippen LogP contribution in [0.15, 0.2) is 48.5 Å². The van der Waals surface area contributed by atoms with E-state index in [1.165, 1.54) is 27.8 Å². The monoisotopic (exact) mass is 389 g/mol. The molecule has 2 unspecified atom stereocenters. The van der Waals surface area contributed by atoms with Crippen LogP contribution >= 0.6 is 0 Å². The molecule has 4 rings (SSSR count). The van der Waals surface area contributed by atoms with Crippen molar-refractivity contribution in [3.63, 3.8) is 0 Å². The van der Waals surface area contributed by atoms with Gasteiger partial charge in [0.25, 0.3) is 0 Å². The largest absolute Gasteiger partial charge is 0.445 e. The lowest BCUT2D eigenvalue weighted by molar-refractivity contribution is 0.0832. The van der Waals surface area contributed by atoms with Crippen LogP contribution in [-0.2, 0) is 24.2 Å². The number of nitrogens with zero attached hydrogens (tertiary/aromatic N) is 1. The second-order valence-electron chi connectivity index (χ2n) is 8.31. The van der Waals surface area contributed by atoms with Gasteiger partial charge in [-0.3, -0.25) is 4.90 Å². The Bertz CT molecular complexity index is 891. The SMILES string of the molecule is CCc1cc(C)cc(CC)c1C1=CC2CCC(C1)N2C(=O)OCc1ccccc1. The van der Waals surface area contributed by atoms with E-state index >= 15 is 0 Å². The van der Waals surface area contributed by atoms with Gasteiger partial charge in [0, 0.05) is 6.04 Å². The molecule has 1 amide bonds. The number of ether oxygens (including phenoxy) is 1. The molecule has 2 aromatic rings. The van der Waals surface area contributed by atoms with Gasteiger partial charge in [-0.15, -0.1) is 0 Å². The van der Waals surface area contributed by atoms with Crippen molar-refractivity contribution in [3.05, 3.63) is 76.4 Å². The smallest absolute Gasteiger partial charge is 0.410 e. The van der Waals surface area contributed by atoms with E-state index in [9.17, 15) is 4.79 Å². The maximum absolute atomic E-state index is 12.8. The lowest BCUT2D eigenvalue weighted by Gasteiger charge is -2.34. The van der Waals surface area contributed by atoms with Crippen molar-refractivity contribution in [2.45, 2.75) is 71.6 Å². The van der Waals surface area contributed by atoms with Crippen molar-refractivity contribution in [1.29, 1.82) is 0 Å². The van der Waals surface area contributed by atoms with Gasteiger partial charge in [-0.2, -0.15) is 0 Å². The van der Waals surface area contributed by atoms with E-state index < -0.39 is 0 Å². The average molecular weight is 390 g/mol. The zero-order chi connectivity index (χ0) is 20.4. The number of aryl methyl sites for hydroxylation is 3. The molecule has 1 fully saturated rings. The highest BCUT2D eigenvalue weighted by atomic mass is 16.6. The van der Waals surface area contributed by atoms with Gasteiger partial charge in [0.15, 0.2) is 0 Å². The maximum atomic E-state index is 12.8. The van der Waals surface area contributed by atoms with Gasteiger partial charge in [-0.25, -0.2) is 4.79 Å². The van der Waals surface area contributed by atoms with Crippen LogP contribution in [0.4, 0.5) is 4.79 Å². The molecular weight excluding hydrogens is 358 g/mol. The van der Waals surface area contributed by atoms with Crippen LogP contribution in [0.5, 0.6) is 0 Å². The Labute approximate surface area is 174 Å². The highest BCUT2D eigenvalue weighted by molar-refractivity contribution is 5.77. The van der Waals surface area contributed by atoms with Gasteiger partial charge in [-0.1, -0.05) is 68.0 Å². The zero-order valence-corrected chi connectivity index (χ0v) is 17.8. The first kappa shape index (κ1) is 19.8.